The minimum absolute atomic E-state index is 0. The lowest BCUT2D eigenvalue weighted by molar-refractivity contribution is 0.145. The molecule has 2 N–H and O–H groups in total. The number of aliphatic imine (C=N–C) groups is 1. The summed E-state index contributed by atoms with van der Waals surface area (Å²) in [5, 5.41) is 10.8. The molecule has 0 saturated carbocycles. The van der Waals surface area contributed by atoms with E-state index in [1.165, 1.54) is 0 Å². The monoisotopic (exact) mass is 458 g/mol. The quantitative estimate of drug-likeness (QED) is 0.261. The Kier molecular flexibility index (Phi) is 10.8. The maximum Gasteiger partial charge on any atom is 0.191 e. The van der Waals surface area contributed by atoms with Gasteiger partial charge < -0.3 is 15.4 Å². The highest BCUT2D eigenvalue weighted by atomic mass is 127. The summed E-state index contributed by atoms with van der Waals surface area (Å²) in [5.74, 6) is 1.61. The van der Waals surface area contributed by atoms with Gasteiger partial charge in [0.1, 0.15) is 0 Å². The fourth-order valence-electron chi connectivity index (χ4n) is 2.13. The number of pyridine rings is 1. The van der Waals surface area contributed by atoms with Crippen molar-refractivity contribution in [3.63, 3.8) is 0 Å². The molecule has 2 rings (SSSR count). The molecule has 0 fully saturated rings. The molecule has 25 heavy (non-hydrogen) atoms. The number of hydrogen-bond acceptors (Lipinski definition) is 4. The van der Waals surface area contributed by atoms with Crippen LogP contribution in [0.5, 0.6) is 0 Å². The van der Waals surface area contributed by atoms with Gasteiger partial charge in [-0.2, -0.15) is 5.10 Å². The van der Waals surface area contributed by atoms with Crippen molar-refractivity contribution in [2.24, 2.45) is 4.99 Å². The Morgan fingerprint density at radius 3 is 2.88 bits per heavy atom. The summed E-state index contributed by atoms with van der Waals surface area (Å²) >= 11 is 0. The number of nitrogens with one attached hydrogen (secondary N) is 2. The van der Waals surface area contributed by atoms with Gasteiger partial charge in [0, 0.05) is 44.9 Å². The van der Waals surface area contributed by atoms with Crippen molar-refractivity contribution in [2.75, 3.05) is 26.3 Å². The molecule has 0 aliphatic carbocycles. The van der Waals surface area contributed by atoms with Crippen LogP contribution in [0.1, 0.15) is 25.8 Å². The summed E-state index contributed by atoms with van der Waals surface area (Å²) in [5.41, 5.74) is 1.09. The van der Waals surface area contributed by atoms with Crippen LogP contribution in [-0.2, 0) is 11.3 Å². The SMILES string of the molecule is CCNC(=NCc1ccnc(-n2cccn2)c1)NCCCOCC.I. The molecule has 2 aromatic heterocycles. The predicted octanol–water partition coefficient (Wildman–Crippen LogP) is 2.37. The summed E-state index contributed by atoms with van der Waals surface area (Å²) in [6, 6.07) is 5.84. The number of guanidine groups is 1. The Bertz CT molecular complexity index is 617. The molecule has 0 bridgehead atoms. The first-order chi connectivity index (χ1) is 11.8. The second-order valence-corrected chi connectivity index (χ2v) is 5.15. The minimum Gasteiger partial charge on any atom is -0.382 e. The molecular weight excluding hydrogens is 431 g/mol. The maximum absolute atomic E-state index is 5.34. The molecule has 0 amide bonds. The molecule has 0 aliphatic rings. The van der Waals surface area contributed by atoms with Gasteiger partial charge in [0.2, 0.25) is 0 Å². The third-order valence-electron chi connectivity index (χ3n) is 3.28. The fourth-order valence-corrected chi connectivity index (χ4v) is 2.13. The summed E-state index contributed by atoms with van der Waals surface area (Å²) in [7, 11) is 0. The highest BCUT2D eigenvalue weighted by molar-refractivity contribution is 14.0. The van der Waals surface area contributed by atoms with Crippen molar-refractivity contribution in [1.29, 1.82) is 0 Å². The molecule has 0 radical (unpaired) electrons. The number of ether oxygens (including phenoxy) is 1. The molecule has 0 unspecified atom stereocenters. The Labute approximate surface area is 166 Å². The van der Waals surface area contributed by atoms with Gasteiger partial charge in [-0.05, 0) is 44.0 Å². The lowest BCUT2D eigenvalue weighted by Crippen LogP contribution is -2.38. The van der Waals surface area contributed by atoms with Gasteiger partial charge in [-0.25, -0.2) is 14.7 Å². The van der Waals surface area contributed by atoms with E-state index in [1.807, 2.05) is 31.3 Å². The lowest BCUT2D eigenvalue weighted by atomic mass is 10.2. The van der Waals surface area contributed by atoms with E-state index >= 15 is 0 Å². The molecule has 8 heteroatoms. The van der Waals surface area contributed by atoms with Crippen LogP contribution in [0.2, 0.25) is 0 Å². The Hall–Kier alpha value is -1.68. The van der Waals surface area contributed by atoms with Crippen molar-refractivity contribution in [3.05, 3.63) is 42.4 Å². The number of aromatic nitrogens is 3. The second-order valence-electron chi connectivity index (χ2n) is 5.15. The molecule has 2 heterocycles. The van der Waals surface area contributed by atoms with E-state index in [4.69, 9.17) is 4.74 Å². The first-order valence-corrected chi connectivity index (χ1v) is 8.38. The van der Waals surface area contributed by atoms with Crippen molar-refractivity contribution in [3.8, 4) is 5.82 Å². The van der Waals surface area contributed by atoms with E-state index < -0.39 is 0 Å². The minimum atomic E-state index is 0. The zero-order chi connectivity index (χ0) is 17.0. The van der Waals surface area contributed by atoms with Gasteiger partial charge in [-0.1, -0.05) is 0 Å². The molecule has 0 spiro atoms. The largest absolute Gasteiger partial charge is 0.382 e. The summed E-state index contributed by atoms with van der Waals surface area (Å²) in [6.45, 7) is 7.82. The van der Waals surface area contributed by atoms with E-state index in [9.17, 15) is 0 Å². The lowest BCUT2D eigenvalue weighted by Gasteiger charge is -2.11. The van der Waals surface area contributed by atoms with Crippen LogP contribution in [0, 0.1) is 0 Å². The number of halogens is 1. The standard InChI is InChI=1S/C17H26N6O.HI/c1-3-18-17(20-8-6-12-24-4-2)21-14-15-7-10-19-16(13-15)23-11-5-9-22-23;/h5,7,9-11,13H,3-4,6,8,12,14H2,1-2H3,(H2,18,20,21);1H. The molecule has 138 valence electrons. The normalized spacial score (nSPS) is 11.0. The van der Waals surface area contributed by atoms with Gasteiger partial charge in [0.15, 0.2) is 11.8 Å². The smallest absolute Gasteiger partial charge is 0.191 e. The summed E-state index contributed by atoms with van der Waals surface area (Å²) in [4.78, 5) is 8.95. The van der Waals surface area contributed by atoms with Crippen molar-refractivity contribution >= 4 is 29.9 Å². The van der Waals surface area contributed by atoms with Crippen LogP contribution in [-0.4, -0.2) is 47.0 Å². The van der Waals surface area contributed by atoms with Crippen molar-refractivity contribution in [2.45, 2.75) is 26.8 Å². The van der Waals surface area contributed by atoms with Crippen LogP contribution in [0.15, 0.2) is 41.8 Å². The number of nitrogens with zero attached hydrogens (tertiary/aromatic N) is 4. The highest BCUT2D eigenvalue weighted by Crippen LogP contribution is 2.07. The molecule has 0 atom stereocenters. The van der Waals surface area contributed by atoms with Crippen molar-refractivity contribution < 1.29 is 4.74 Å². The number of rotatable bonds is 9. The summed E-state index contributed by atoms with van der Waals surface area (Å²) in [6.07, 6.45) is 6.35. The van der Waals surface area contributed by atoms with Gasteiger partial charge >= 0.3 is 0 Å². The Balaban J connectivity index is 0.00000312. The van der Waals surface area contributed by atoms with Crippen LogP contribution in [0.4, 0.5) is 0 Å². The van der Waals surface area contributed by atoms with E-state index in [1.54, 1.807) is 17.1 Å². The zero-order valence-corrected chi connectivity index (χ0v) is 17.1. The molecule has 0 saturated heterocycles. The third kappa shape index (κ3) is 7.82. The first kappa shape index (κ1) is 21.4. The first-order valence-electron chi connectivity index (χ1n) is 8.38. The van der Waals surface area contributed by atoms with Crippen LogP contribution >= 0.6 is 24.0 Å². The highest BCUT2D eigenvalue weighted by Gasteiger charge is 2.01. The van der Waals surface area contributed by atoms with Crippen molar-refractivity contribution in [1.82, 2.24) is 25.4 Å². The van der Waals surface area contributed by atoms with E-state index in [0.717, 1.165) is 50.1 Å². The Morgan fingerprint density at radius 2 is 2.16 bits per heavy atom. The van der Waals surface area contributed by atoms with Gasteiger partial charge in [-0.3, -0.25) is 0 Å². The molecule has 2 aromatic rings. The maximum atomic E-state index is 5.34. The molecular formula is C17H27IN6O. The Morgan fingerprint density at radius 1 is 1.28 bits per heavy atom. The summed E-state index contributed by atoms with van der Waals surface area (Å²) < 4.78 is 7.08. The number of hydrogen-bond donors (Lipinski definition) is 2. The fraction of sp³-hybridized carbons (Fsp3) is 0.471. The zero-order valence-electron chi connectivity index (χ0n) is 14.8. The van der Waals surface area contributed by atoms with E-state index in [-0.39, 0.29) is 24.0 Å². The van der Waals surface area contributed by atoms with Crippen LogP contribution in [0.3, 0.4) is 0 Å². The second kappa shape index (κ2) is 12.6. The van der Waals surface area contributed by atoms with Crippen LogP contribution < -0.4 is 10.6 Å². The average molecular weight is 458 g/mol. The predicted molar refractivity (Wildman–Crippen MR) is 111 cm³/mol. The van der Waals surface area contributed by atoms with Gasteiger partial charge in [-0.15, -0.1) is 24.0 Å². The van der Waals surface area contributed by atoms with Gasteiger partial charge in [0.25, 0.3) is 0 Å². The topological polar surface area (TPSA) is 76.4 Å². The van der Waals surface area contributed by atoms with Crippen LogP contribution in [0.25, 0.3) is 5.82 Å². The molecule has 0 aromatic carbocycles. The third-order valence-corrected chi connectivity index (χ3v) is 3.28. The van der Waals surface area contributed by atoms with Gasteiger partial charge in [0.05, 0.1) is 6.54 Å². The molecule has 7 nitrogen and oxygen atoms in total. The van der Waals surface area contributed by atoms with E-state index in [0.29, 0.717) is 6.54 Å². The van der Waals surface area contributed by atoms with E-state index in [2.05, 4.69) is 32.6 Å². The average Bonchev–Trinajstić information content (AvgIpc) is 3.14. The molecule has 0 aliphatic heterocycles.